The molecule has 0 bridgehead atoms. The minimum absolute atomic E-state index is 0.181. The largest absolute Gasteiger partial charge is 0.356 e. The van der Waals surface area contributed by atoms with Crippen LogP contribution in [0.15, 0.2) is 35.3 Å². The number of halogens is 2. The number of benzene rings is 1. The summed E-state index contributed by atoms with van der Waals surface area (Å²) in [6.45, 7) is 0. The Morgan fingerprint density at radius 3 is 2.90 bits per heavy atom. The Morgan fingerprint density at radius 2 is 2.10 bits per heavy atom. The van der Waals surface area contributed by atoms with Crippen LogP contribution >= 0.6 is 0 Å². The number of nitrogens with one attached hydrogen (secondary N) is 1. The standard InChI is InChI=1S/C15H13F2N3O/c1-20-8-12-15(19-20)13(21)7-10(18-12)6-5-9-3-2-4-11(16)14(9)17/h2-4,7-8,18H,5-6H2,1H3. The van der Waals surface area contributed by atoms with Gasteiger partial charge in [0.15, 0.2) is 17.2 Å². The van der Waals surface area contributed by atoms with Gasteiger partial charge in [-0.15, -0.1) is 0 Å². The smallest absolute Gasteiger partial charge is 0.209 e. The van der Waals surface area contributed by atoms with Crippen LogP contribution in [0.5, 0.6) is 0 Å². The Bertz CT molecular complexity index is 867. The fraction of sp³-hybridized carbons (Fsp3) is 0.200. The van der Waals surface area contributed by atoms with E-state index in [1.54, 1.807) is 24.0 Å². The number of aryl methyl sites for hydroxylation is 3. The van der Waals surface area contributed by atoms with Crippen LogP contribution in [0.2, 0.25) is 0 Å². The van der Waals surface area contributed by atoms with Gasteiger partial charge in [0.05, 0.1) is 5.52 Å². The molecule has 3 aromatic rings. The quantitative estimate of drug-likeness (QED) is 0.804. The maximum absolute atomic E-state index is 13.6. The second-order valence-corrected chi connectivity index (χ2v) is 4.94. The lowest BCUT2D eigenvalue weighted by molar-refractivity contribution is 0.498. The molecule has 3 rings (SSSR count). The maximum Gasteiger partial charge on any atom is 0.209 e. The fourth-order valence-electron chi connectivity index (χ4n) is 2.34. The number of aromatic nitrogens is 3. The van der Waals surface area contributed by atoms with Crippen molar-refractivity contribution in [2.24, 2.45) is 7.05 Å². The van der Waals surface area contributed by atoms with E-state index in [4.69, 9.17) is 0 Å². The first kappa shape index (κ1) is 13.5. The van der Waals surface area contributed by atoms with Crippen LogP contribution in [0, 0.1) is 11.6 Å². The molecule has 4 nitrogen and oxygen atoms in total. The Hall–Kier alpha value is -2.50. The molecule has 6 heteroatoms. The predicted molar refractivity (Wildman–Crippen MR) is 75.1 cm³/mol. The van der Waals surface area contributed by atoms with Gasteiger partial charge < -0.3 is 4.98 Å². The van der Waals surface area contributed by atoms with Crippen LogP contribution in [-0.2, 0) is 19.9 Å². The topological polar surface area (TPSA) is 50.7 Å². The summed E-state index contributed by atoms with van der Waals surface area (Å²) in [6.07, 6.45) is 2.44. The lowest BCUT2D eigenvalue weighted by atomic mass is 10.1. The maximum atomic E-state index is 13.6. The van der Waals surface area contributed by atoms with Crippen molar-refractivity contribution in [3.63, 3.8) is 0 Å². The Kier molecular flexibility index (Phi) is 3.29. The summed E-state index contributed by atoms with van der Waals surface area (Å²) < 4.78 is 28.3. The second-order valence-electron chi connectivity index (χ2n) is 4.94. The molecule has 0 aliphatic rings. The van der Waals surface area contributed by atoms with Crippen LogP contribution in [0.1, 0.15) is 11.3 Å². The zero-order chi connectivity index (χ0) is 15.0. The highest BCUT2D eigenvalue weighted by Crippen LogP contribution is 2.14. The van der Waals surface area contributed by atoms with Crippen molar-refractivity contribution in [1.82, 2.24) is 14.8 Å². The van der Waals surface area contributed by atoms with E-state index in [0.717, 1.165) is 6.07 Å². The van der Waals surface area contributed by atoms with E-state index in [0.29, 0.717) is 35.1 Å². The average molecular weight is 289 g/mol. The normalized spacial score (nSPS) is 11.2. The first-order valence-electron chi connectivity index (χ1n) is 6.53. The summed E-state index contributed by atoms with van der Waals surface area (Å²) >= 11 is 0. The number of nitrogens with zero attached hydrogens (tertiary/aromatic N) is 2. The zero-order valence-electron chi connectivity index (χ0n) is 11.4. The van der Waals surface area contributed by atoms with Crippen LogP contribution in [-0.4, -0.2) is 14.8 Å². The number of pyridine rings is 1. The molecular formula is C15H13F2N3O. The molecule has 1 aromatic carbocycles. The van der Waals surface area contributed by atoms with E-state index in [1.807, 2.05) is 0 Å². The fourth-order valence-corrected chi connectivity index (χ4v) is 2.34. The van der Waals surface area contributed by atoms with Gasteiger partial charge >= 0.3 is 0 Å². The molecule has 0 atom stereocenters. The molecule has 0 saturated carbocycles. The molecule has 108 valence electrons. The summed E-state index contributed by atoms with van der Waals surface area (Å²) in [7, 11) is 1.73. The second kappa shape index (κ2) is 5.12. The summed E-state index contributed by atoms with van der Waals surface area (Å²) in [5, 5.41) is 4.06. The third-order valence-electron chi connectivity index (χ3n) is 3.36. The van der Waals surface area contributed by atoms with E-state index in [2.05, 4.69) is 10.1 Å². The van der Waals surface area contributed by atoms with Gasteiger partial charge in [-0.3, -0.25) is 9.48 Å². The van der Waals surface area contributed by atoms with Crippen molar-refractivity contribution in [3.05, 3.63) is 63.6 Å². The van der Waals surface area contributed by atoms with Gasteiger partial charge in [0.2, 0.25) is 5.43 Å². The highest BCUT2D eigenvalue weighted by atomic mass is 19.2. The van der Waals surface area contributed by atoms with E-state index >= 15 is 0 Å². The minimum atomic E-state index is -0.858. The van der Waals surface area contributed by atoms with Crippen LogP contribution in [0.25, 0.3) is 11.0 Å². The van der Waals surface area contributed by atoms with E-state index in [-0.39, 0.29) is 5.43 Å². The van der Waals surface area contributed by atoms with Crippen molar-refractivity contribution in [1.29, 1.82) is 0 Å². The third-order valence-corrected chi connectivity index (χ3v) is 3.36. The molecule has 0 aliphatic carbocycles. The van der Waals surface area contributed by atoms with Crippen molar-refractivity contribution < 1.29 is 8.78 Å². The molecule has 0 radical (unpaired) electrons. The summed E-state index contributed by atoms with van der Waals surface area (Å²) in [5.74, 6) is -1.69. The average Bonchev–Trinajstić information content (AvgIpc) is 2.81. The molecular weight excluding hydrogens is 276 g/mol. The molecule has 0 spiro atoms. The summed E-state index contributed by atoms with van der Waals surface area (Å²) in [5.41, 5.74) is 1.79. The molecule has 0 aliphatic heterocycles. The highest BCUT2D eigenvalue weighted by Gasteiger charge is 2.09. The van der Waals surface area contributed by atoms with Gasteiger partial charge in [-0.05, 0) is 24.5 Å². The molecule has 2 heterocycles. The summed E-state index contributed by atoms with van der Waals surface area (Å²) in [6, 6.07) is 5.55. The Morgan fingerprint density at radius 1 is 1.29 bits per heavy atom. The number of rotatable bonds is 3. The van der Waals surface area contributed by atoms with Crippen molar-refractivity contribution in [3.8, 4) is 0 Å². The zero-order valence-corrected chi connectivity index (χ0v) is 11.4. The summed E-state index contributed by atoms with van der Waals surface area (Å²) in [4.78, 5) is 15.0. The number of H-pyrrole nitrogens is 1. The Balaban J connectivity index is 1.88. The first-order chi connectivity index (χ1) is 10.0. The Labute approximate surface area is 119 Å². The number of hydrogen-bond donors (Lipinski definition) is 1. The monoisotopic (exact) mass is 289 g/mol. The van der Waals surface area contributed by atoms with Crippen LogP contribution < -0.4 is 5.43 Å². The van der Waals surface area contributed by atoms with Gasteiger partial charge in [0.25, 0.3) is 0 Å². The lowest BCUT2D eigenvalue weighted by Gasteiger charge is -2.04. The first-order valence-corrected chi connectivity index (χ1v) is 6.53. The van der Waals surface area contributed by atoms with E-state index in [9.17, 15) is 13.6 Å². The van der Waals surface area contributed by atoms with Gasteiger partial charge in [0, 0.05) is 25.0 Å². The third kappa shape index (κ3) is 2.56. The molecule has 1 N–H and O–H groups in total. The number of fused-ring (bicyclic) bond motifs is 1. The molecule has 2 aromatic heterocycles. The van der Waals surface area contributed by atoms with Crippen molar-refractivity contribution in [2.45, 2.75) is 12.8 Å². The lowest BCUT2D eigenvalue weighted by Crippen LogP contribution is -2.06. The highest BCUT2D eigenvalue weighted by molar-refractivity contribution is 5.73. The van der Waals surface area contributed by atoms with E-state index in [1.165, 1.54) is 12.1 Å². The number of aromatic amines is 1. The molecule has 0 unspecified atom stereocenters. The van der Waals surface area contributed by atoms with Crippen molar-refractivity contribution >= 4 is 11.0 Å². The molecule has 0 fully saturated rings. The van der Waals surface area contributed by atoms with Crippen molar-refractivity contribution in [2.75, 3.05) is 0 Å². The van der Waals surface area contributed by atoms with Gasteiger partial charge in [0.1, 0.15) is 0 Å². The van der Waals surface area contributed by atoms with Crippen LogP contribution in [0.3, 0.4) is 0 Å². The SMILES string of the molecule is Cn1cc2[nH]c(CCc3cccc(F)c3F)cc(=O)c2n1. The molecule has 0 saturated heterocycles. The van der Waals surface area contributed by atoms with E-state index < -0.39 is 11.6 Å². The van der Waals surface area contributed by atoms with Gasteiger partial charge in [-0.25, -0.2) is 8.78 Å². The molecule has 0 amide bonds. The minimum Gasteiger partial charge on any atom is -0.356 e. The van der Waals surface area contributed by atoms with Gasteiger partial charge in [-0.1, -0.05) is 12.1 Å². The number of hydrogen-bond acceptors (Lipinski definition) is 2. The van der Waals surface area contributed by atoms with Gasteiger partial charge in [-0.2, -0.15) is 5.10 Å². The molecule has 21 heavy (non-hydrogen) atoms. The van der Waals surface area contributed by atoms with Crippen LogP contribution in [0.4, 0.5) is 8.78 Å². The predicted octanol–water partition coefficient (Wildman–Crippen LogP) is 2.33.